The van der Waals surface area contributed by atoms with Gasteiger partial charge in [0, 0.05) is 41.6 Å². The molecule has 2 heterocycles. The Hall–Kier alpha value is -2.80. The van der Waals surface area contributed by atoms with Gasteiger partial charge in [0.1, 0.15) is 0 Å². The van der Waals surface area contributed by atoms with Crippen molar-refractivity contribution < 1.29 is 4.79 Å². The van der Waals surface area contributed by atoms with Crippen LogP contribution in [0.15, 0.2) is 47.2 Å². The molecule has 30 heavy (non-hydrogen) atoms. The highest BCUT2D eigenvalue weighted by atomic mass is 79.9. The minimum Gasteiger partial charge on any atom is -0.352 e. The summed E-state index contributed by atoms with van der Waals surface area (Å²) in [6.07, 6.45) is 5.81. The van der Waals surface area contributed by atoms with E-state index >= 15 is 0 Å². The Bertz CT molecular complexity index is 1110. The van der Waals surface area contributed by atoms with Crippen LogP contribution < -0.4 is 10.6 Å². The van der Waals surface area contributed by atoms with Gasteiger partial charge in [-0.25, -0.2) is 9.97 Å². The zero-order chi connectivity index (χ0) is 21.3. The first-order chi connectivity index (χ1) is 14.3. The first-order valence-corrected chi connectivity index (χ1v) is 10.7. The lowest BCUT2D eigenvalue weighted by molar-refractivity contribution is -0.119. The number of carbonyl (C=O) groups excluding carboxylic acids is 1. The van der Waals surface area contributed by atoms with Gasteiger partial charge in [0.05, 0.1) is 11.4 Å². The first kappa shape index (κ1) is 20.5. The number of aromatic nitrogens is 3. The van der Waals surface area contributed by atoms with Crippen LogP contribution in [0, 0.1) is 0 Å². The summed E-state index contributed by atoms with van der Waals surface area (Å²) < 4.78 is 0.875. The average molecular weight is 466 g/mol. The lowest BCUT2D eigenvalue weighted by atomic mass is 9.86. The largest absolute Gasteiger partial charge is 0.352 e. The van der Waals surface area contributed by atoms with Crippen LogP contribution in [0.25, 0.3) is 11.3 Å². The molecule has 1 aliphatic carbocycles. The molecule has 0 atom stereocenters. The van der Waals surface area contributed by atoms with Crippen LogP contribution in [-0.2, 0) is 23.2 Å². The first-order valence-electron chi connectivity index (χ1n) is 9.94. The molecule has 6 nitrogen and oxygen atoms in total. The highest BCUT2D eigenvalue weighted by molar-refractivity contribution is 9.10. The van der Waals surface area contributed by atoms with Crippen molar-refractivity contribution in [3.63, 3.8) is 0 Å². The molecule has 0 radical (unpaired) electrons. The van der Waals surface area contributed by atoms with Crippen LogP contribution in [-0.4, -0.2) is 20.9 Å². The molecule has 0 bridgehead atoms. The topological polar surface area (TPSA) is 79.8 Å². The number of nitrogens with one attached hydrogen (secondary N) is 2. The Labute approximate surface area is 184 Å². The average Bonchev–Trinajstić information content (AvgIpc) is 3.03. The van der Waals surface area contributed by atoms with Crippen LogP contribution in [0.2, 0.25) is 0 Å². The second kappa shape index (κ2) is 8.14. The summed E-state index contributed by atoms with van der Waals surface area (Å²) in [5.74, 6) is 0.463. The van der Waals surface area contributed by atoms with Crippen molar-refractivity contribution in [1.29, 1.82) is 0 Å². The molecule has 1 aliphatic rings. The fourth-order valence-corrected chi connectivity index (χ4v) is 4.21. The van der Waals surface area contributed by atoms with Gasteiger partial charge in [-0.2, -0.15) is 0 Å². The summed E-state index contributed by atoms with van der Waals surface area (Å²) >= 11 is 3.58. The predicted molar refractivity (Wildman–Crippen MR) is 122 cm³/mol. The van der Waals surface area contributed by atoms with E-state index in [1.54, 1.807) is 6.20 Å². The maximum Gasteiger partial charge on any atom is 0.227 e. The van der Waals surface area contributed by atoms with E-state index in [4.69, 9.17) is 4.98 Å². The summed E-state index contributed by atoms with van der Waals surface area (Å²) in [6.45, 7) is 6.53. The number of amides is 1. The number of halogens is 1. The molecule has 2 N–H and O–H groups in total. The molecular weight excluding hydrogens is 442 g/mol. The van der Waals surface area contributed by atoms with Gasteiger partial charge in [-0.1, -0.05) is 19.9 Å². The van der Waals surface area contributed by atoms with Crippen LogP contribution in [0.4, 0.5) is 11.6 Å². The normalized spacial score (nSPS) is 14.3. The van der Waals surface area contributed by atoms with Gasteiger partial charge in [-0.05, 0) is 69.6 Å². The van der Waals surface area contributed by atoms with E-state index in [0.717, 1.165) is 39.8 Å². The molecule has 0 saturated carbocycles. The number of pyridine rings is 1. The van der Waals surface area contributed by atoms with Crippen molar-refractivity contribution >= 4 is 33.5 Å². The molecule has 0 fully saturated rings. The number of fused-ring (bicyclic) bond motifs is 1. The molecule has 7 heteroatoms. The van der Waals surface area contributed by atoms with E-state index in [1.165, 1.54) is 18.2 Å². The fourth-order valence-electron chi connectivity index (χ4n) is 3.68. The minimum atomic E-state index is -0.0528. The molecule has 0 aliphatic heterocycles. The second-order valence-corrected chi connectivity index (χ2v) is 9.07. The van der Waals surface area contributed by atoms with Gasteiger partial charge in [-0.3, -0.25) is 9.78 Å². The Morgan fingerprint density at radius 2 is 2.03 bits per heavy atom. The summed E-state index contributed by atoms with van der Waals surface area (Å²) in [7, 11) is 0. The molecule has 1 aromatic carbocycles. The SMILES string of the molecule is CC(=O)NCc1ccc(Nc2nccc(-c3cnc4c(c3)C(C)(C)CC4)n2)c(Br)c1. The Balaban J connectivity index is 1.56. The van der Waals surface area contributed by atoms with E-state index in [9.17, 15) is 4.79 Å². The van der Waals surface area contributed by atoms with Gasteiger partial charge < -0.3 is 10.6 Å². The molecule has 0 saturated heterocycles. The zero-order valence-corrected chi connectivity index (χ0v) is 18.9. The van der Waals surface area contributed by atoms with Gasteiger partial charge in [0.2, 0.25) is 11.9 Å². The van der Waals surface area contributed by atoms with Crippen molar-refractivity contribution in [1.82, 2.24) is 20.3 Å². The number of carbonyl (C=O) groups is 1. The highest BCUT2D eigenvalue weighted by Crippen LogP contribution is 2.38. The molecule has 154 valence electrons. The summed E-state index contributed by atoms with van der Waals surface area (Å²) in [4.78, 5) is 24.8. The van der Waals surface area contributed by atoms with E-state index in [1.807, 2.05) is 30.5 Å². The number of hydrogen-bond donors (Lipinski definition) is 2. The summed E-state index contributed by atoms with van der Waals surface area (Å²) in [6, 6.07) is 9.99. The number of nitrogens with zero attached hydrogens (tertiary/aromatic N) is 3. The third kappa shape index (κ3) is 4.36. The van der Waals surface area contributed by atoms with E-state index in [0.29, 0.717) is 12.5 Å². The monoisotopic (exact) mass is 465 g/mol. The standard InChI is InChI=1S/C23H24BrN5O/c1-14(30)26-12-15-4-5-21(18(24)10-15)29-22-25-9-7-19(28-22)16-11-17-20(27-13-16)6-8-23(17,2)3/h4-5,7,9-11,13H,6,8,12H2,1-3H3,(H,26,30)(H,25,28,29). The van der Waals surface area contributed by atoms with Crippen LogP contribution in [0.5, 0.6) is 0 Å². The highest BCUT2D eigenvalue weighted by Gasteiger charge is 2.31. The summed E-state index contributed by atoms with van der Waals surface area (Å²) in [5.41, 5.74) is 6.35. The number of anilines is 2. The summed E-state index contributed by atoms with van der Waals surface area (Å²) in [5, 5.41) is 6.06. The van der Waals surface area contributed by atoms with E-state index in [-0.39, 0.29) is 11.3 Å². The predicted octanol–water partition coefficient (Wildman–Crippen LogP) is 4.90. The maximum absolute atomic E-state index is 11.1. The molecule has 0 unspecified atom stereocenters. The Kier molecular flexibility index (Phi) is 5.56. The van der Waals surface area contributed by atoms with Gasteiger partial charge in [0.25, 0.3) is 0 Å². The molecular formula is C23H24BrN5O. The van der Waals surface area contributed by atoms with Crippen molar-refractivity contribution in [2.24, 2.45) is 0 Å². The third-order valence-electron chi connectivity index (χ3n) is 5.46. The number of rotatable bonds is 5. The molecule has 1 amide bonds. The van der Waals surface area contributed by atoms with E-state index < -0.39 is 0 Å². The number of benzene rings is 1. The zero-order valence-electron chi connectivity index (χ0n) is 17.3. The molecule has 3 aromatic rings. The molecule has 0 spiro atoms. The van der Waals surface area contributed by atoms with Gasteiger partial charge in [0.15, 0.2) is 0 Å². The van der Waals surface area contributed by atoms with Gasteiger partial charge in [-0.15, -0.1) is 0 Å². The third-order valence-corrected chi connectivity index (χ3v) is 6.12. The lowest BCUT2D eigenvalue weighted by Crippen LogP contribution is -2.18. The Morgan fingerprint density at radius 3 is 2.80 bits per heavy atom. The van der Waals surface area contributed by atoms with E-state index in [2.05, 4.69) is 56.4 Å². The quantitative estimate of drug-likeness (QED) is 0.559. The van der Waals surface area contributed by atoms with Crippen molar-refractivity contribution in [2.75, 3.05) is 5.32 Å². The minimum absolute atomic E-state index is 0.0528. The van der Waals surface area contributed by atoms with Crippen LogP contribution >= 0.6 is 15.9 Å². The number of hydrogen-bond acceptors (Lipinski definition) is 5. The van der Waals surface area contributed by atoms with Gasteiger partial charge >= 0.3 is 0 Å². The second-order valence-electron chi connectivity index (χ2n) is 8.22. The lowest BCUT2D eigenvalue weighted by Gasteiger charge is -2.19. The molecule has 4 rings (SSSR count). The fraction of sp³-hybridized carbons (Fsp3) is 0.304. The van der Waals surface area contributed by atoms with Crippen LogP contribution in [0.3, 0.4) is 0 Å². The Morgan fingerprint density at radius 1 is 1.20 bits per heavy atom. The van der Waals surface area contributed by atoms with Crippen molar-refractivity contribution in [2.45, 2.75) is 45.6 Å². The maximum atomic E-state index is 11.1. The smallest absolute Gasteiger partial charge is 0.227 e. The number of aryl methyl sites for hydroxylation is 1. The van der Waals surface area contributed by atoms with Crippen molar-refractivity contribution in [3.8, 4) is 11.3 Å². The van der Waals surface area contributed by atoms with Crippen molar-refractivity contribution in [3.05, 3.63) is 64.0 Å². The van der Waals surface area contributed by atoms with Crippen LogP contribution in [0.1, 0.15) is 44.0 Å². The molecule has 2 aromatic heterocycles.